The van der Waals surface area contributed by atoms with Gasteiger partial charge in [0.2, 0.25) is 0 Å². The topological polar surface area (TPSA) is 164 Å². The molecule has 0 aliphatic carbocycles. The number of aliphatic carboxylic acids is 3. The molecule has 0 unspecified atom stereocenters. The Morgan fingerprint density at radius 3 is 0.968 bits per heavy atom. The zero-order chi connectivity index (χ0) is 24.8. The van der Waals surface area contributed by atoms with E-state index in [1.165, 1.54) is 0 Å². The number of aliphatic hydroxyl groups excluding tert-OH is 2. The monoisotopic (exact) mass is 453 g/mol. The highest BCUT2D eigenvalue weighted by Gasteiger charge is 1.94. The lowest BCUT2D eigenvalue weighted by Gasteiger charge is -1.94. The highest BCUT2D eigenvalue weighted by atomic mass is 16.4. The molecule has 9 heteroatoms. The minimum absolute atomic E-state index is 0.139. The van der Waals surface area contributed by atoms with Crippen molar-refractivity contribution in [2.24, 2.45) is 0 Å². The zero-order valence-corrected chi connectivity index (χ0v) is 19.8. The Hall–Kier alpha value is -1.71. The molecule has 6 N–H and O–H groups in total. The van der Waals surface area contributed by atoms with Crippen LogP contribution in [-0.2, 0) is 14.4 Å². The molecule has 0 rings (SSSR count). The summed E-state index contributed by atoms with van der Waals surface area (Å²) < 4.78 is 0. The molecule has 0 aromatic carbocycles. The summed E-state index contributed by atoms with van der Waals surface area (Å²) in [6, 6.07) is 0. The van der Waals surface area contributed by atoms with Gasteiger partial charge in [-0.3, -0.25) is 14.4 Å². The van der Waals surface area contributed by atoms with Crippen LogP contribution in [0.15, 0.2) is 0 Å². The van der Waals surface area contributed by atoms with E-state index in [9.17, 15) is 14.4 Å². The first-order valence-electron chi connectivity index (χ1n) is 11.3. The van der Waals surface area contributed by atoms with Crippen LogP contribution in [0.3, 0.4) is 0 Å². The first kappa shape index (κ1) is 36.7. The first-order valence-corrected chi connectivity index (χ1v) is 11.3. The third-order valence-electron chi connectivity index (χ3n) is 3.56. The van der Waals surface area contributed by atoms with Crippen LogP contribution in [-0.4, -0.2) is 69.7 Å². The largest absolute Gasteiger partial charge is 0.481 e. The standard InChI is InChI=1S/3C6H12O2.C4H11NO2/c3*1-2-3-4-5-6(7)8;6-3-1-5-2-4-7/h3*2-5H2,1H3,(H,7,8);5-7H,1-4H2. The number of carbonyl (C=O) groups is 3. The average Bonchev–Trinajstić information content (AvgIpc) is 2.70. The summed E-state index contributed by atoms with van der Waals surface area (Å²) >= 11 is 0. The molecule has 0 radical (unpaired) electrons. The lowest BCUT2D eigenvalue weighted by Crippen LogP contribution is -2.21. The lowest BCUT2D eigenvalue weighted by atomic mass is 10.2. The third kappa shape index (κ3) is 65.4. The van der Waals surface area contributed by atoms with Gasteiger partial charge >= 0.3 is 17.9 Å². The summed E-state index contributed by atoms with van der Waals surface area (Å²) in [6.07, 6.45) is 9.83. The first-order chi connectivity index (χ1) is 14.7. The van der Waals surface area contributed by atoms with Crippen LogP contribution in [0.5, 0.6) is 0 Å². The number of aliphatic hydroxyl groups is 2. The van der Waals surface area contributed by atoms with Gasteiger partial charge in [0.25, 0.3) is 0 Å². The van der Waals surface area contributed by atoms with Crippen molar-refractivity contribution in [1.82, 2.24) is 5.32 Å². The molecule has 0 amide bonds. The van der Waals surface area contributed by atoms with Gasteiger partial charge in [-0.1, -0.05) is 59.3 Å². The Kier molecular flexibility index (Phi) is 42.2. The van der Waals surface area contributed by atoms with Crippen molar-refractivity contribution in [1.29, 1.82) is 0 Å². The molecular formula is C22H47NO8. The average molecular weight is 454 g/mol. The molecule has 0 saturated heterocycles. The summed E-state index contributed by atoms with van der Waals surface area (Å²) in [5.41, 5.74) is 0. The minimum atomic E-state index is -0.682. The highest BCUT2D eigenvalue weighted by Crippen LogP contribution is 1.98. The van der Waals surface area contributed by atoms with Crippen molar-refractivity contribution in [2.45, 2.75) is 97.8 Å². The second-order valence-corrected chi connectivity index (χ2v) is 6.75. The molecule has 0 aromatic rings. The van der Waals surface area contributed by atoms with E-state index >= 15 is 0 Å². The normalized spacial score (nSPS) is 9.19. The maximum atomic E-state index is 9.87. The van der Waals surface area contributed by atoms with Crippen molar-refractivity contribution in [2.75, 3.05) is 26.3 Å². The number of hydrogen-bond acceptors (Lipinski definition) is 6. The number of hydrogen-bond donors (Lipinski definition) is 6. The van der Waals surface area contributed by atoms with Crippen molar-refractivity contribution in [3.63, 3.8) is 0 Å². The summed E-state index contributed by atoms with van der Waals surface area (Å²) in [6.45, 7) is 7.59. The second kappa shape index (κ2) is 35.7. The van der Waals surface area contributed by atoms with E-state index in [1.54, 1.807) is 0 Å². The molecule has 0 aliphatic rings. The van der Waals surface area contributed by atoms with Gasteiger partial charge in [-0.25, -0.2) is 0 Å². The van der Waals surface area contributed by atoms with Gasteiger partial charge in [0.05, 0.1) is 13.2 Å². The zero-order valence-electron chi connectivity index (χ0n) is 19.8. The maximum absolute atomic E-state index is 9.87. The maximum Gasteiger partial charge on any atom is 0.303 e. The van der Waals surface area contributed by atoms with E-state index in [2.05, 4.69) is 26.1 Å². The van der Waals surface area contributed by atoms with Gasteiger partial charge in [-0.2, -0.15) is 0 Å². The Labute approximate surface area is 187 Å². The molecule has 0 bridgehead atoms. The van der Waals surface area contributed by atoms with Crippen molar-refractivity contribution >= 4 is 17.9 Å². The fourth-order valence-electron chi connectivity index (χ4n) is 1.86. The molecule has 9 nitrogen and oxygen atoms in total. The molecule has 31 heavy (non-hydrogen) atoms. The number of unbranched alkanes of at least 4 members (excludes halogenated alkanes) is 6. The Morgan fingerprint density at radius 2 is 0.806 bits per heavy atom. The highest BCUT2D eigenvalue weighted by molar-refractivity contribution is 5.67. The fourth-order valence-corrected chi connectivity index (χ4v) is 1.86. The number of carboxylic acids is 3. The predicted octanol–water partition coefficient (Wildman–Crippen LogP) is 3.51. The Bertz CT molecular complexity index is 327. The van der Waals surface area contributed by atoms with Gasteiger partial charge in [-0.15, -0.1) is 0 Å². The van der Waals surface area contributed by atoms with E-state index in [-0.39, 0.29) is 13.2 Å². The molecule has 0 aliphatic heterocycles. The van der Waals surface area contributed by atoms with E-state index in [0.717, 1.165) is 57.8 Å². The van der Waals surface area contributed by atoms with Crippen LogP contribution in [0.25, 0.3) is 0 Å². The van der Waals surface area contributed by atoms with E-state index < -0.39 is 17.9 Å². The van der Waals surface area contributed by atoms with Crippen LogP contribution >= 0.6 is 0 Å². The van der Waals surface area contributed by atoms with E-state index in [1.807, 2.05) is 0 Å². The van der Waals surface area contributed by atoms with Gasteiger partial charge < -0.3 is 30.8 Å². The van der Waals surface area contributed by atoms with E-state index in [0.29, 0.717) is 32.4 Å². The molecule has 0 fully saturated rings. The quantitative estimate of drug-likeness (QED) is 0.192. The predicted molar refractivity (Wildman–Crippen MR) is 122 cm³/mol. The third-order valence-corrected chi connectivity index (χ3v) is 3.56. The van der Waals surface area contributed by atoms with Gasteiger partial charge in [-0.05, 0) is 19.3 Å². The molecule has 0 saturated carbocycles. The molecule has 0 aromatic heterocycles. The Morgan fingerprint density at radius 1 is 0.548 bits per heavy atom. The number of rotatable bonds is 16. The molecular weight excluding hydrogens is 406 g/mol. The summed E-state index contributed by atoms with van der Waals surface area (Å²) in [5, 5.41) is 43.5. The van der Waals surface area contributed by atoms with Crippen LogP contribution in [0, 0.1) is 0 Å². The van der Waals surface area contributed by atoms with Gasteiger partial charge in [0.1, 0.15) is 0 Å². The van der Waals surface area contributed by atoms with Crippen molar-refractivity contribution in [3.8, 4) is 0 Å². The smallest absolute Gasteiger partial charge is 0.303 e. The van der Waals surface area contributed by atoms with Crippen LogP contribution in [0.4, 0.5) is 0 Å². The lowest BCUT2D eigenvalue weighted by molar-refractivity contribution is -0.138. The van der Waals surface area contributed by atoms with Gasteiger partial charge in [0.15, 0.2) is 0 Å². The summed E-state index contributed by atoms with van der Waals surface area (Å²) in [7, 11) is 0. The van der Waals surface area contributed by atoms with E-state index in [4.69, 9.17) is 25.5 Å². The fraction of sp³-hybridized carbons (Fsp3) is 0.864. The van der Waals surface area contributed by atoms with Crippen molar-refractivity contribution in [3.05, 3.63) is 0 Å². The summed E-state index contributed by atoms with van der Waals surface area (Å²) in [4.78, 5) is 29.6. The van der Waals surface area contributed by atoms with Crippen molar-refractivity contribution < 1.29 is 39.9 Å². The number of nitrogens with one attached hydrogen (secondary N) is 1. The molecule has 188 valence electrons. The van der Waals surface area contributed by atoms with Crippen LogP contribution < -0.4 is 5.32 Å². The second-order valence-electron chi connectivity index (χ2n) is 6.75. The molecule has 0 heterocycles. The van der Waals surface area contributed by atoms with Crippen LogP contribution in [0.1, 0.15) is 97.8 Å². The molecule has 0 atom stereocenters. The number of carboxylic acid groups (broad SMARTS) is 3. The van der Waals surface area contributed by atoms with Gasteiger partial charge in [0, 0.05) is 32.4 Å². The molecule has 0 spiro atoms. The SMILES string of the molecule is CCCCCC(=O)O.CCCCCC(=O)O.CCCCCC(=O)O.OCCNCCO. The summed E-state index contributed by atoms with van der Waals surface area (Å²) in [5.74, 6) is -2.05. The van der Waals surface area contributed by atoms with Crippen LogP contribution in [0.2, 0.25) is 0 Å². The minimum Gasteiger partial charge on any atom is -0.481 e. The Balaban J connectivity index is -0.000000157.